The molecule has 0 amide bonds. The third kappa shape index (κ3) is 5.61. The first kappa shape index (κ1) is 22.0. The summed E-state index contributed by atoms with van der Waals surface area (Å²) in [5, 5.41) is 14.9. The van der Waals surface area contributed by atoms with Crippen LogP contribution in [0.2, 0.25) is 0 Å². The molecular weight excluding hydrogens is 395 g/mol. The normalized spacial score (nSPS) is 12.2. The fourth-order valence-electron chi connectivity index (χ4n) is 2.41. The highest BCUT2D eigenvalue weighted by Gasteiger charge is 2.39. The quantitative estimate of drug-likeness (QED) is 0.608. The molecule has 1 heterocycles. The molecule has 11 heteroatoms. The summed E-state index contributed by atoms with van der Waals surface area (Å²) in [6.07, 6.45) is -4.32. The fourth-order valence-corrected chi connectivity index (χ4v) is 2.41. The van der Waals surface area contributed by atoms with Gasteiger partial charge in [0.05, 0.1) is 38.6 Å². The van der Waals surface area contributed by atoms with Crippen molar-refractivity contribution in [3.05, 3.63) is 46.4 Å². The van der Waals surface area contributed by atoms with Crippen LogP contribution >= 0.6 is 0 Å². The maximum absolute atomic E-state index is 13.6. The SMILES string of the molecule is COc1ccc#cc1-n1ncc(N[C@@H](C)COCCC(=O)O)c(C(F)(F)F)c1=O. The van der Waals surface area contributed by atoms with Gasteiger partial charge in [0.15, 0.2) is 11.4 Å². The van der Waals surface area contributed by atoms with E-state index in [0.29, 0.717) is 4.68 Å². The third-order valence-corrected chi connectivity index (χ3v) is 3.67. The Bertz CT molecular complexity index is 914. The van der Waals surface area contributed by atoms with Gasteiger partial charge in [0, 0.05) is 6.04 Å². The first-order chi connectivity index (χ1) is 13.6. The van der Waals surface area contributed by atoms with Crippen molar-refractivity contribution in [3.63, 3.8) is 0 Å². The second-order valence-corrected chi connectivity index (χ2v) is 5.93. The predicted octanol–water partition coefficient (Wildman–Crippen LogP) is 2.15. The summed E-state index contributed by atoms with van der Waals surface area (Å²) in [5.41, 5.74) is -3.48. The van der Waals surface area contributed by atoms with Gasteiger partial charge in [-0.3, -0.25) is 9.59 Å². The Morgan fingerprint density at radius 3 is 2.79 bits per heavy atom. The summed E-state index contributed by atoms with van der Waals surface area (Å²) < 4.78 is 51.5. The zero-order chi connectivity index (χ0) is 21.6. The van der Waals surface area contributed by atoms with Crippen LogP contribution in [0, 0.1) is 12.1 Å². The molecule has 0 bridgehead atoms. The molecular formula is C18H18F3N3O5. The zero-order valence-corrected chi connectivity index (χ0v) is 15.5. The minimum atomic E-state index is -4.96. The smallest absolute Gasteiger partial charge is 0.423 e. The molecule has 156 valence electrons. The van der Waals surface area contributed by atoms with Gasteiger partial charge < -0.3 is 19.9 Å². The molecule has 2 rings (SSSR count). The number of nitrogens with one attached hydrogen (secondary N) is 1. The van der Waals surface area contributed by atoms with E-state index >= 15 is 0 Å². The van der Waals surface area contributed by atoms with Crippen molar-refractivity contribution in [1.29, 1.82) is 0 Å². The van der Waals surface area contributed by atoms with Gasteiger partial charge in [-0.05, 0) is 25.1 Å². The first-order valence-corrected chi connectivity index (χ1v) is 8.37. The number of halogens is 3. The van der Waals surface area contributed by atoms with E-state index in [2.05, 4.69) is 22.5 Å². The molecule has 8 nitrogen and oxygen atoms in total. The average Bonchev–Trinajstić information content (AvgIpc) is 2.64. The number of alkyl halides is 3. The van der Waals surface area contributed by atoms with Crippen molar-refractivity contribution in [1.82, 2.24) is 9.78 Å². The second kappa shape index (κ2) is 9.29. The topological polar surface area (TPSA) is 103 Å². The number of ether oxygens (including phenoxy) is 2. The number of carboxylic acids is 1. The number of carbonyl (C=O) groups is 1. The van der Waals surface area contributed by atoms with Crippen LogP contribution in [0.3, 0.4) is 0 Å². The van der Waals surface area contributed by atoms with Crippen molar-refractivity contribution < 1.29 is 32.5 Å². The van der Waals surface area contributed by atoms with Gasteiger partial charge in [0.1, 0.15) is 5.56 Å². The zero-order valence-electron chi connectivity index (χ0n) is 15.5. The van der Waals surface area contributed by atoms with E-state index < -0.39 is 35.0 Å². The molecule has 1 aromatic carbocycles. The Balaban J connectivity index is 2.34. The number of hydrogen-bond donors (Lipinski definition) is 2. The molecule has 0 unspecified atom stereocenters. The molecule has 0 spiro atoms. The number of anilines is 1. The molecule has 0 fully saturated rings. The Kier molecular flexibility index (Phi) is 7.06. The summed E-state index contributed by atoms with van der Waals surface area (Å²) in [7, 11) is 1.30. The van der Waals surface area contributed by atoms with Crippen LogP contribution in [0.4, 0.5) is 18.9 Å². The summed E-state index contributed by atoms with van der Waals surface area (Å²) >= 11 is 0. The van der Waals surface area contributed by atoms with Crippen LogP contribution in [0.5, 0.6) is 5.75 Å². The van der Waals surface area contributed by atoms with Crippen LogP contribution in [-0.2, 0) is 15.7 Å². The van der Waals surface area contributed by atoms with Gasteiger partial charge in [-0.1, -0.05) is 6.07 Å². The highest BCUT2D eigenvalue weighted by Crippen LogP contribution is 2.32. The molecule has 2 N–H and O–H groups in total. The molecule has 1 aromatic heterocycles. The molecule has 2 aromatic rings. The van der Waals surface area contributed by atoms with Crippen molar-refractivity contribution in [2.45, 2.75) is 25.6 Å². The summed E-state index contributed by atoms with van der Waals surface area (Å²) in [4.78, 5) is 23.0. The van der Waals surface area contributed by atoms with Gasteiger partial charge in [0.25, 0.3) is 5.56 Å². The lowest BCUT2D eigenvalue weighted by Crippen LogP contribution is -2.33. The number of nitrogens with zero attached hydrogens (tertiary/aromatic N) is 2. The van der Waals surface area contributed by atoms with Gasteiger partial charge in [-0.25, -0.2) is 0 Å². The molecule has 0 saturated heterocycles. The first-order valence-electron chi connectivity index (χ1n) is 8.37. The van der Waals surface area contributed by atoms with Crippen molar-refractivity contribution in [2.75, 3.05) is 25.6 Å². The van der Waals surface area contributed by atoms with Crippen LogP contribution in [-0.4, -0.2) is 47.2 Å². The lowest BCUT2D eigenvalue weighted by Gasteiger charge is -2.19. The highest BCUT2D eigenvalue weighted by atomic mass is 19.4. The lowest BCUT2D eigenvalue weighted by atomic mass is 10.2. The molecule has 29 heavy (non-hydrogen) atoms. The summed E-state index contributed by atoms with van der Waals surface area (Å²) in [6, 6.07) is 7.26. The monoisotopic (exact) mass is 413 g/mol. The van der Waals surface area contributed by atoms with Crippen LogP contribution < -0.4 is 15.6 Å². The van der Waals surface area contributed by atoms with Crippen LogP contribution in [0.15, 0.2) is 23.1 Å². The number of carboxylic acid groups (broad SMARTS) is 1. The Morgan fingerprint density at radius 2 is 2.17 bits per heavy atom. The third-order valence-electron chi connectivity index (χ3n) is 3.67. The van der Waals surface area contributed by atoms with Gasteiger partial charge in [-0.2, -0.15) is 23.0 Å². The number of rotatable bonds is 9. The maximum atomic E-state index is 13.6. The van der Waals surface area contributed by atoms with Gasteiger partial charge in [-0.15, -0.1) is 0 Å². The second-order valence-electron chi connectivity index (χ2n) is 5.93. The molecule has 0 aliphatic rings. The average molecular weight is 413 g/mol. The van der Waals surface area contributed by atoms with E-state index in [9.17, 15) is 22.8 Å². The van der Waals surface area contributed by atoms with E-state index in [-0.39, 0.29) is 31.1 Å². The largest absolute Gasteiger partial charge is 0.494 e. The molecule has 1 atom stereocenters. The molecule has 0 radical (unpaired) electrons. The van der Waals surface area contributed by atoms with E-state index in [1.165, 1.54) is 26.2 Å². The minimum Gasteiger partial charge on any atom is -0.494 e. The van der Waals surface area contributed by atoms with E-state index in [1.54, 1.807) is 0 Å². The van der Waals surface area contributed by atoms with Gasteiger partial charge in [0.2, 0.25) is 0 Å². The van der Waals surface area contributed by atoms with Crippen molar-refractivity contribution in [2.24, 2.45) is 0 Å². The maximum Gasteiger partial charge on any atom is 0.423 e. The molecule has 0 aliphatic heterocycles. The number of methoxy groups -OCH3 is 1. The van der Waals surface area contributed by atoms with Crippen molar-refractivity contribution in [3.8, 4) is 11.4 Å². The fraction of sp³-hybridized carbons (Fsp3) is 0.389. The Hall–Kier alpha value is -3.26. The number of hydrogen-bond acceptors (Lipinski definition) is 6. The highest BCUT2D eigenvalue weighted by molar-refractivity contribution is 5.66. The minimum absolute atomic E-state index is 0.0666. The molecule has 0 aliphatic carbocycles. The van der Waals surface area contributed by atoms with Crippen LogP contribution in [0.25, 0.3) is 5.69 Å². The molecule has 0 saturated carbocycles. The summed E-state index contributed by atoms with van der Waals surface area (Å²) in [6.45, 7) is 1.37. The predicted molar refractivity (Wildman–Crippen MR) is 95.2 cm³/mol. The lowest BCUT2D eigenvalue weighted by molar-refractivity contribution is -0.139. The Morgan fingerprint density at radius 1 is 1.45 bits per heavy atom. The Labute approximate surface area is 163 Å². The summed E-state index contributed by atoms with van der Waals surface area (Å²) in [5.74, 6) is -0.949. The standard InChI is InChI=1S/C18H18F3N3O5/c1-11(10-29-8-7-15(25)26)23-12-9-22-24(17(27)16(12)18(19,20)21)13-5-3-4-6-14(13)28-2/h4,6,9,11,23H,7-8,10H2,1-2H3,(H,25,26)/t11-/m0/s1. The van der Waals surface area contributed by atoms with Crippen molar-refractivity contribution >= 4 is 11.7 Å². The number of aliphatic carboxylic acids is 1. The van der Waals surface area contributed by atoms with E-state index in [4.69, 9.17) is 14.6 Å². The van der Waals surface area contributed by atoms with E-state index in [0.717, 1.165) is 6.20 Å². The van der Waals surface area contributed by atoms with Crippen LogP contribution in [0.1, 0.15) is 18.9 Å². The van der Waals surface area contributed by atoms with E-state index in [1.807, 2.05) is 0 Å². The van der Waals surface area contributed by atoms with Gasteiger partial charge >= 0.3 is 12.1 Å². The number of aromatic nitrogens is 2.